The lowest BCUT2D eigenvalue weighted by Crippen LogP contribution is -2.60. The molecule has 1 heterocycles. The number of likely N-dealkylation sites (tertiary alicyclic amines) is 1. The van der Waals surface area contributed by atoms with Gasteiger partial charge in [0, 0.05) is 12.6 Å². The van der Waals surface area contributed by atoms with Gasteiger partial charge in [-0.25, -0.2) is 0 Å². The lowest BCUT2D eigenvalue weighted by Gasteiger charge is -2.36. The molecule has 0 unspecified atom stereocenters. The number of carbonyl (C=O) groups excluding carboxylic acids is 5. The summed E-state index contributed by atoms with van der Waals surface area (Å²) in [6.45, 7) is 14.7. The first-order valence-electron chi connectivity index (χ1n) is 16.8. The van der Waals surface area contributed by atoms with Gasteiger partial charge in [-0.2, -0.15) is 0 Å². The monoisotopic (exact) mass is 727 g/mol. The van der Waals surface area contributed by atoms with Crippen molar-refractivity contribution in [1.29, 1.82) is 0 Å². The molecule has 0 spiro atoms. The van der Waals surface area contributed by atoms with Crippen molar-refractivity contribution < 1.29 is 24.0 Å². The van der Waals surface area contributed by atoms with Crippen molar-refractivity contribution in [3.8, 4) is 0 Å². The van der Waals surface area contributed by atoms with Crippen LogP contribution in [0.25, 0.3) is 0 Å². The summed E-state index contributed by atoms with van der Waals surface area (Å²) >= 11 is 0. The van der Waals surface area contributed by atoms with Crippen LogP contribution in [0.4, 0.5) is 0 Å². The van der Waals surface area contributed by atoms with Crippen molar-refractivity contribution >= 4 is 54.3 Å². The molecule has 5 amide bonds. The fourth-order valence-corrected chi connectivity index (χ4v) is 6.18. The Morgan fingerprint density at radius 1 is 0.776 bits per heavy atom. The molecular formula is C35H59Cl2N7O5. The zero-order chi connectivity index (χ0) is 35.3. The Morgan fingerprint density at radius 2 is 1.31 bits per heavy atom. The van der Waals surface area contributed by atoms with Crippen LogP contribution in [-0.2, 0) is 30.4 Å². The van der Waals surface area contributed by atoms with Crippen molar-refractivity contribution in [2.45, 2.75) is 123 Å². The van der Waals surface area contributed by atoms with Crippen LogP contribution in [0.3, 0.4) is 0 Å². The number of hydrogen-bond donors (Lipinski definition) is 6. The number of benzene rings is 1. The van der Waals surface area contributed by atoms with Crippen LogP contribution in [0.5, 0.6) is 0 Å². The van der Waals surface area contributed by atoms with Gasteiger partial charge in [-0.3, -0.25) is 24.0 Å². The number of fused-ring (bicyclic) bond motifs is 1. The molecule has 1 aliphatic carbocycles. The Morgan fingerprint density at radius 3 is 1.84 bits per heavy atom. The zero-order valence-electron chi connectivity index (χ0n) is 30.7. The smallest absolute Gasteiger partial charge is 0.246 e. The molecule has 0 bridgehead atoms. The number of halogens is 2. The molecule has 6 N–H and O–H groups in total. The third-order valence-electron chi connectivity index (χ3n) is 9.39. The van der Waals surface area contributed by atoms with Gasteiger partial charge in [-0.1, -0.05) is 65.8 Å². The van der Waals surface area contributed by atoms with Crippen LogP contribution in [0.2, 0.25) is 0 Å². The van der Waals surface area contributed by atoms with Crippen molar-refractivity contribution in [3.05, 3.63) is 35.4 Å². The number of aryl methyl sites for hydroxylation is 1. The average Bonchev–Trinajstić information content (AvgIpc) is 3.43. The topological polar surface area (TPSA) is 161 Å². The van der Waals surface area contributed by atoms with Crippen molar-refractivity contribution in [2.24, 2.45) is 10.8 Å². The highest BCUT2D eigenvalue weighted by molar-refractivity contribution is 5.95. The molecule has 0 saturated carbocycles. The molecule has 1 aromatic rings. The summed E-state index contributed by atoms with van der Waals surface area (Å²) in [5.74, 6) is -1.72. The first-order chi connectivity index (χ1) is 21.9. The van der Waals surface area contributed by atoms with Gasteiger partial charge >= 0.3 is 0 Å². The number of rotatable bonds is 11. The highest BCUT2D eigenvalue weighted by Gasteiger charge is 2.47. The van der Waals surface area contributed by atoms with E-state index in [1.54, 1.807) is 27.9 Å². The molecule has 7 atom stereocenters. The first kappa shape index (κ1) is 44.1. The number of nitrogens with zero attached hydrogens (tertiary/aromatic N) is 1. The molecule has 0 radical (unpaired) electrons. The molecular weight excluding hydrogens is 669 g/mol. The van der Waals surface area contributed by atoms with E-state index in [0.717, 1.165) is 24.8 Å². The third-order valence-corrected chi connectivity index (χ3v) is 9.39. The highest BCUT2D eigenvalue weighted by Crippen LogP contribution is 2.31. The predicted molar refractivity (Wildman–Crippen MR) is 197 cm³/mol. The number of likely N-dealkylation sites (N-methyl/N-ethyl adjacent to an activating group) is 2. The van der Waals surface area contributed by atoms with Crippen molar-refractivity contribution in [3.63, 3.8) is 0 Å². The normalized spacial score (nSPS) is 21.3. The summed E-state index contributed by atoms with van der Waals surface area (Å²) in [5, 5.41) is 17.8. The van der Waals surface area contributed by atoms with Gasteiger partial charge in [0.25, 0.3) is 0 Å². The minimum absolute atomic E-state index is 0. The van der Waals surface area contributed by atoms with Crippen LogP contribution in [0.15, 0.2) is 24.3 Å². The molecule has 278 valence electrons. The van der Waals surface area contributed by atoms with Crippen LogP contribution < -0.4 is 31.9 Å². The van der Waals surface area contributed by atoms with Gasteiger partial charge in [0.1, 0.15) is 18.1 Å². The third kappa shape index (κ3) is 11.3. The molecule has 12 nitrogen and oxygen atoms in total. The minimum atomic E-state index is -0.921. The molecule has 1 saturated heterocycles. The van der Waals surface area contributed by atoms with E-state index in [2.05, 4.69) is 38.0 Å². The Labute approximate surface area is 304 Å². The van der Waals surface area contributed by atoms with Crippen molar-refractivity contribution in [2.75, 3.05) is 20.6 Å². The van der Waals surface area contributed by atoms with E-state index in [1.807, 2.05) is 59.7 Å². The second-order valence-electron chi connectivity index (χ2n) is 15.2. The van der Waals surface area contributed by atoms with Crippen LogP contribution in [0, 0.1) is 10.8 Å². The average molecular weight is 729 g/mol. The quantitative estimate of drug-likeness (QED) is 0.204. The van der Waals surface area contributed by atoms with E-state index in [0.29, 0.717) is 0 Å². The molecule has 1 aliphatic heterocycles. The van der Waals surface area contributed by atoms with Gasteiger partial charge in [0.2, 0.25) is 29.5 Å². The highest BCUT2D eigenvalue weighted by atomic mass is 35.5. The van der Waals surface area contributed by atoms with Crippen molar-refractivity contribution in [1.82, 2.24) is 36.8 Å². The summed E-state index contributed by atoms with van der Waals surface area (Å²) in [7, 11) is 3.34. The minimum Gasteiger partial charge on any atom is -0.350 e. The molecule has 14 heteroatoms. The van der Waals surface area contributed by atoms with E-state index >= 15 is 0 Å². The number of amides is 5. The summed E-state index contributed by atoms with van der Waals surface area (Å²) < 4.78 is 0. The maximum absolute atomic E-state index is 14.4. The zero-order valence-corrected chi connectivity index (χ0v) is 32.3. The van der Waals surface area contributed by atoms with E-state index in [-0.39, 0.29) is 61.5 Å². The molecule has 1 fully saturated rings. The Bertz CT molecular complexity index is 1320. The summed E-state index contributed by atoms with van der Waals surface area (Å²) in [6.07, 6.45) is 2.85. The van der Waals surface area contributed by atoms with Gasteiger partial charge in [-0.05, 0) is 75.6 Å². The van der Waals surface area contributed by atoms with Gasteiger partial charge < -0.3 is 36.8 Å². The van der Waals surface area contributed by atoms with E-state index in [1.165, 1.54) is 10.5 Å². The largest absolute Gasteiger partial charge is 0.350 e. The predicted octanol–water partition coefficient (Wildman–Crippen LogP) is 2.39. The molecule has 1 aromatic carbocycles. The maximum Gasteiger partial charge on any atom is 0.246 e. The second kappa shape index (κ2) is 18.3. The molecule has 0 aromatic heterocycles. The summed E-state index contributed by atoms with van der Waals surface area (Å²) in [5.41, 5.74) is 0.994. The lowest BCUT2D eigenvalue weighted by molar-refractivity contribution is -0.144. The Balaban J connectivity index is 0.00000600. The van der Waals surface area contributed by atoms with Crippen LogP contribution in [-0.4, -0.2) is 91.3 Å². The molecule has 49 heavy (non-hydrogen) atoms. The Kier molecular flexibility index (Phi) is 16.5. The summed E-state index contributed by atoms with van der Waals surface area (Å²) in [6, 6.07) is 3.64. The lowest BCUT2D eigenvalue weighted by atomic mass is 9.85. The molecule has 3 rings (SSSR count). The second-order valence-corrected chi connectivity index (χ2v) is 15.2. The SMILES string of the molecule is CN[C@@H](C)C(=O)N[C@H](C(=O)N[C@H]1C[C@@H](C(=O)N[C@@H]2CCCc3ccccc32)N(C(=O)[C@@H](NC(=O)[C@H](C)NC)C(C)(C)C)C1)C(C)(C)C.Cl.Cl. The number of nitrogens with one attached hydrogen (secondary N) is 6. The fourth-order valence-electron chi connectivity index (χ4n) is 6.18. The number of carbonyl (C=O) groups is 5. The maximum atomic E-state index is 14.4. The first-order valence-corrected chi connectivity index (χ1v) is 16.8. The van der Waals surface area contributed by atoms with E-state index in [4.69, 9.17) is 0 Å². The van der Waals surface area contributed by atoms with Crippen LogP contribution in [0.1, 0.15) is 91.8 Å². The number of hydrogen-bond acceptors (Lipinski definition) is 7. The van der Waals surface area contributed by atoms with Gasteiger partial charge in [-0.15, -0.1) is 24.8 Å². The van der Waals surface area contributed by atoms with Crippen LogP contribution >= 0.6 is 24.8 Å². The molecule has 2 aliphatic rings. The summed E-state index contributed by atoms with van der Waals surface area (Å²) in [4.78, 5) is 69.4. The fraction of sp³-hybridized carbons (Fsp3) is 0.686. The van der Waals surface area contributed by atoms with Gasteiger partial charge in [0.15, 0.2) is 0 Å². The standard InChI is InChI=1S/C35H57N7O5.2ClH/c1-20(36-9)29(43)40-27(34(3,4)5)32(46)38-23-18-26(31(45)39-25-17-13-15-22-14-11-12-16-24(22)25)42(19-23)33(47)28(35(6,7)8)41-30(44)21(2)37-10;;/h11-12,14,16,20-21,23,25-28,36-37H,13,15,17-19H2,1-10H3,(H,38,46)(H,39,45)(H,40,43)(H,41,44);2*1H/t20-,21-,23-,25+,26-,27+,28+;;/m0../s1. The van der Waals surface area contributed by atoms with E-state index in [9.17, 15) is 24.0 Å². The Hall–Kier alpha value is -2.93. The van der Waals surface area contributed by atoms with E-state index < -0.39 is 58.9 Å². The van der Waals surface area contributed by atoms with Gasteiger partial charge in [0.05, 0.1) is 18.1 Å².